The molecule has 0 spiro atoms. The Kier molecular flexibility index (Phi) is 5.36. The minimum Gasteiger partial charge on any atom is -0.456 e. The molecule has 0 aliphatic carbocycles. The Labute approximate surface area is 141 Å². The highest BCUT2D eigenvalue weighted by molar-refractivity contribution is 8.00. The van der Waals surface area contributed by atoms with Gasteiger partial charge in [0.15, 0.2) is 6.10 Å². The van der Waals surface area contributed by atoms with Gasteiger partial charge in [0.05, 0.1) is 0 Å². The largest absolute Gasteiger partial charge is 0.456 e. The molecule has 1 fully saturated rings. The van der Waals surface area contributed by atoms with Gasteiger partial charge in [-0.3, -0.25) is 9.69 Å². The molecule has 0 N–H and O–H groups in total. The van der Waals surface area contributed by atoms with E-state index in [0.717, 1.165) is 5.57 Å². The van der Waals surface area contributed by atoms with Gasteiger partial charge in [0, 0.05) is 12.4 Å². The Morgan fingerprint density at radius 3 is 2.71 bits per heavy atom. The van der Waals surface area contributed by atoms with Crippen molar-refractivity contribution < 1.29 is 19.1 Å². The van der Waals surface area contributed by atoms with Gasteiger partial charge in [-0.1, -0.05) is 34.8 Å². The molecule has 5 nitrogen and oxygen atoms in total. The number of alkyl halides is 3. The molecule has 0 unspecified atom stereocenters. The Hall–Kier alpha value is -0.140. The van der Waals surface area contributed by atoms with Gasteiger partial charge in [-0.05, 0) is 19.4 Å². The van der Waals surface area contributed by atoms with Gasteiger partial charge in [-0.2, -0.15) is 0 Å². The predicted molar refractivity (Wildman–Crippen MR) is 82.5 cm³/mol. The minimum absolute atomic E-state index is 0.198. The average Bonchev–Trinajstić information content (AvgIpc) is 2.41. The second-order valence-corrected chi connectivity index (χ2v) is 8.23. The van der Waals surface area contributed by atoms with Crippen molar-refractivity contribution >= 4 is 58.4 Å². The minimum atomic E-state index is -1.68. The van der Waals surface area contributed by atoms with Crippen LogP contribution in [0.25, 0.3) is 0 Å². The number of carbonyl (C=O) groups is 2. The van der Waals surface area contributed by atoms with Crippen LogP contribution in [0.2, 0.25) is 0 Å². The third kappa shape index (κ3) is 3.62. The summed E-state index contributed by atoms with van der Waals surface area (Å²) in [7, 11) is 0. The number of fused-ring (bicyclic) bond motifs is 1. The summed E-state index contributed by atoms with van der Waals surface area (Å²) in [6.45, 7) is 3.66. The normalized spacial score (nSPS) is 25.6. The highest BCUT2D eigenvalue weighted by Crippen LogP contribution is 2.41. The number of carbonyl (C=O) groups excluding carboxylic acids is 2. The van der Waals surface area contributed by atoms with Crippen molar-refractivity contribution in [3.05, 3.63) is 11.3 Å². The summed E-state index contributed by atoms with van der Waals surface area (Å²) in [4.78, 5) is 25.7. The van der Waals surface area contributed by atoms with E-state index in [2.05, 4.69) is 0 Å². The van der Waals surface area contributed by atoms with E-state index < -0.39 is 15.9 Å². The maximum absolute atomic E-state index is 12.2. The van der Waals surface area contributed by atoms with E-state index in [4.69, 9.17) is 44.3 Å². The van der Waals surface area contributed by atoms with E-state index in [1.807, 2.05) is 6.92 Å². The molecule has 2 aliphatic rings. The maximum atomic E-state index is 12.2. The van der Waals surface area contributed by atoms with E-state index in [1.54, 1.807) is 18.7 Å². The fourth-order valence-corrected chi connectivity index (χ4v) is 3.59. The summed E-state index contributed by atoms with van der Waals surface area (Å²) in [5, 5.41) is -0.198. The molecule has 2 aliphatic heterocycles. The molecule has 1 amide bonds. The third-order valence-electron chi connectivity index (χ3n) is 3.02. The van der Waals surface area contributed by atoms with Crippen LogP contribution in [-0.4, -0.2) is 51.0 Å². The van der Waals surface area contributed by atoms with Crippen LogP contribution >= 0.6 is 46.6 Å². The molecule has 0 aromatic heterocycles. The van der Waals surface area contributed by atoms with Crippen molar-refractivity contribution in [1.29, 1.82) is 0 Å². The topological polar surface area (TPSA) is 55.8 Å². The zero-order valence-corrected chi connectivity index (χ0v) is 14.5. The molecule has 2 heterocycles. The molecule has 0 aromatic rings. The Morgan fingerprint density at radius 1 is 1.48 bits per heavy atom. The molecule has 9 heteroatoms. The lowest BCUT2D eigenvalue weighted by molar-refractivity contribution is -0.165. The van der Waals surface area contributed by atoms with Gasteiger partial charge in [0.2, 0.25) is 3.79 Å². The molecule has 21 heavy (non-hydrogen) atoms. The van der Waals surface area contributed by atoms with E-state index >= 15 is 0 Å². The zero-order valence-electron chi connectivity index (χ0n) is 11.4. The molecule has 0 radical (unpaired) electrons. The molecule has 2 atom stereocenters. The molecular weight excluding hydrogens is 361 g/mol. The molecule has 0 aromatic carbocycles. The number of hydrogen-bond acceptors (Lipinski definition) is 5. The quantitative estimate of drug-likeness (QED) is 0.430. The standard InChI is InChI=1S/C12H14Cl3NO4S/c1-3-19-8-9(17)16-7(6(2)4-21-10(8)16)11(18)20-5-12(13,14)15/h8,10H,3-5H2,1-2H3/t8-,10+/m0/s1. The zero-order chi connectivity index (χ0) is 15.8. The smallest absolute Gasteiger partial charge is 0.355 e. The van der Waals surface area contributed by atoms with Crippen LogP contribution in [0.1, 0.15) is 13.8 Å². The summed E-state index contributed by atoms with van der Waals surface area (Å²) >= 11 is 18.2. The average molecular weight is 375 g/mol. The number of halogens is 3. The van der Waals surface area contributed by atoms with Crippen LogP contribution in [0, 0.1) is 0 Å². The number of rotatable bonds is 4. The van der Waals surface area contributed by atoms with Crippen molar-refractivity contribution in [3.63, 3.8) is 0 Å². The number of ether oxygens (including phenoxy) is 2. The summed E-state index contributed by atoms with van der Waals surface area (Å²) in [5.41, 5.74) is 0.989. The van der Waals surface area contributed by atoms with Crippen molar-refractivity contribution in [3.8, 4) is 0 Å². The van der Waals surface area contributed by atoms with Gasteiger partial charge < -0.3 is 9.47 Å². The number of nitrogens with zero attached hydrogens (tertiary/aromatic N) is 1. The van der Waals surface area contributed by atoms with Crippen molar-refractivity contribution in [2.24, 2.45) is 0 Å². The van der Waals surface area contributed by atoms with E-state index in [-0.39, 0.29) is 23.6 Å². The lowest BCUT2D eigenvalue weighted by Crippen LogP contribution is -2.65. The first-order valence-electron chi connectivity index (χ1n) is 6.26. The summed E-state index contributed by atoms with van der Waals surface area (Å²) in [6, 6.07) is 0. The van der Waals surface area contributed by atoms with Gasteiger partial charge in [0.1, 0.15) is 17.7 Å². The van der Waals surface area contributed by atoms with Gasteiger partial charge in [-0.25, -0.2) is 4.79 Å². The van der Waals surface area contributed by atoms with E-state index in [9.17, 15) is 9.59 Å². The molecule has 0 saturated carbocycles. The number of esters is 1. The highest BCUT2D eigenvalue weighted by Gasteiger charge is 2.54. The van der Waals surface area contributed by atoms with Crippen LogP contribution in [0.15, 0.2) is 11.3 Å². The second-order valence-electron chi connectivity index (χ2n) is 4.61. The Morgan fingerprint density at radius 2 is 2.14 bits per heavy atom. The number of amides is 1. The highest BCUT2D eigenvalue weighted by atomic mass is 35.6. The van der Waals surface area contributed by atoms with Crippen LogP contribution in [0.3, 0.4) is 0 Å². The molecule has 1 saturated heterocycles. The third-order valence-corrected chi connectivity index (χ3v) is 4.74. The van der Waals surface area contributed by atoms with Crippen LogP contribution in [-0.2, 0) is 19.1 Å². The lowest BCUT2D eigenvalue weighted by atomic mass is 10.1. The Balaban J connectivity index is 2.11. The summed E-state index contributed by atoms with van der Waals surface area (Å²) in [5.74, 6) is -0.280. The van der Waals surface area contributed by atoms with Crippen molar-refractivity contribution in [1.82, 2.24) is 4.90 Å². The first kappa shape index (κ1) is 17.2. The van der Waals surface area contributed by atoms with Crippen LogP contribution in [0.5, 0.6) is 0 Å². The van der Waals surface area contributed by atoms with E-state index in [0.29, 0.717) is 12.4 Å². The fourth-order valence-electron chi connectivity index (χ4n) is 2.14. The SMILES string of the molecule is CCO[C@H]1C(=O)N2C(C(=O)OCC(Cl)(Cl)Cl)=C(C)CS[C@H]12. The monoisotopic (exact) mass is 373 g/mol. The number of thioether (sulfide) groups is 1. The van der Waals surface area contributed by atoms with Crippen LogP contribution < -0.4 is 0 Å². The molecular formula is C12H14Cl3NO4S. The second kappa shape index (κ2) is 6.54. The fraction of sp³-hybridized carbons (Fsp3) is 0.667. The number of hydrogen-bond donors (Lipinski definition) is 0. The summed E-state index contributed by atoms with van der Waals surface area (Å²) in [6.07, 6.45) is -0.510. The van der Waals surface area contributed by atoms with Crippen molar-refractivity contribution in [2.45, 2.75) is 29.1 Å². The van der Waals surface area contributed by atoms with E-state index in [1.165, 1.54) is 4.90 Å². The molecule has 0 bridgehead atoms. The first-order valence-corrected chi connectivity index (χ1v) is 8.44. The first-order chi connectivity index (χ1) is 9.76. The Bertz CT molecular complexity index is 491. The van der Waals surface area contributed by atoms with Gasteiger partial charge >= 0.3 is 5.97 Å². The van der Waals surface area contributed by atoms with Crippen molar-refractivity contribution in [2.75, 3.05) is 19.0 Å². The molecule has 118 valence electrons. The molecule has 2 rings (SSSR count). The van der Waals surface area contributed by atoms with Gasteiger partial charge in [-0.15, -0.1) is 11.8 Å². The predicted octanol–water partition coefficient (Wildman–Crippen LogP) is 2.49. The summed E-state index contributed by atoms with van der Waals surface area (Å²) < 4.78 is 8.68. The maximum Gasteiger partial charge on any atom is 0.355 e. The lowest BCUT2D eigenvalue weighted by Gasteiger charge is -2.48. The number of β-lactam (4-membered cyclic amide) rings is 1. The van der Waals surface area contributed by atoms with Gasteiger partial charge in [0.25, 0.3) is 5.91 Å². The van der Waals surface area contributed by atoms with Crippen LogP contribution in [0.4, 0.5) is 0 Å².